The standard InChI is InChI=1S/C25H28N2O4S.C3H6/c1-15(2)31-21(25(29)30)13-18-11-10-16(3)20(12-18)14-26-23(28)22-17(4)32-24(27-22)19-8-6-5-7-9-19;1-3-2/h5-12,15,21H,13-14H2,1-4H3,(H,26,28)(H,29,30);3H,1H2,2H3. The third kappa shape index (κ3) is 8.46. The van der Waals surface area contributed by atoms with E-state index in [-0.39, 0.29) is 18.4 Å². The van der Waals surface area contributed by atoms with Crippen LogP contribution in [0.4, 0.5) is 0 Å². The number of hydrogen-bond acceptors (Lipinski definition) is 5. The zero-order chi connectivity index (χ0) is 26.0. The Labute approximate surface area is 211 Å². The quantitative estimate of drug-likeness (QED) is 0.358. The van der Waals surface area contributed by atoms with Crippen LogP contribution in [-0.2, 0) is 22.5 Å². The number of amides is 1. The van der Waals surface area contributed by atoms with Crippen molar-refractivity contribution in [3.05, 3.63) is 88.4 Å². The van der Waals surface area contributed by atoms with Crippen molar-refractivity contribution in [2.45, 2.75) is 59.8 Å². The van der Waals surface area contributed by atoms with E-state index in [4.69, 9.17) is 4.74 Å². The number of aromatic nitrogens is 1. The third-order valence-electron chi connectivity index (χ3n) is 5.02. The fourth-order valence-corrected chi connectivity index (χ4v) is 4.26. The van der Waals surface area contributed by atoms with Crippen LogP contribution in [0.1, 0.15) is 52.8 Å². The average Bonchev–Trinajstić information content (AvgIpc) is 3.21. The van der Waals surface area contributed by atoms with Gasteiger partial charge < -0.3 is 15.2 Å². The predicted octanol–water partition coefficient (Wildman–Crippen LogP) is 5.97. The summed E-state index contributed by atoms with van der Waals surface area (Å²) in [4.78, 5) is 29.7. The van der Waals surface area contributed by atoms with Gasteiger partial charge in [0, 0.05) is 23.4 Å². The summed E-state index contributed by atoms with van der Waals surface area (Å²) >= 11 is 1.50. The van der Waals surface area contributed by atoms with E-state index in [0.29, 0.717) is 12.2 Å². The second-order valence-corrected chi connectivity index (χ2v) is 9.56. The Kier molecular flexibility index (Phi) is 10.8. The van der Waals surface area contributed by atoms with E-state index in [9.17, 15) is 14.7 Å². The minimum Gasteiger partial charge on any atom is -0.479 e. The van der Waals surface area contributed by atoms with Crippen LogP contribution in [0, 0.1) is 13.8 Å². The molecule has 1 unspecified atom stereocenters. The van der Waals surface area contributed by atoms with Crippen molar-refractivity contribution < 1.29 is 19.4 Å². The lowest BCUT2D eigenvalue weighted by Crippen LogP contribution is -2.29. The van der Waals surface area contributed by atoms with Crippen molar-refractivity contribution in [2.75, 3.05) is 0 Å². The first-order valence-corrected chi connectivity index (χ1v) is 12.3. The van der Waals surface area contributed by atoms with Gasteiger partial charge in [-0.2, -0.15) is 0 Å². The number of rotatable bonds is 9. The van der Waals surface area contributed by atoms with Gasteiger partial charge in [-0.3, -0.25) is 4.79 Å². The van der Waals surface area contributed by atoms with Crippen molar-refractivity contribution in [1.29, 1.82) is 0 Å². The summed E-state index contributed by atoms with van der Waals surface area (Å²) < 4.78 is 5.52. The van der Waals surface area contributed by atoms with Gasteiger partial charge in [0.25, 0.3) is 5.91 Å². The zero-order valence-electron chi connectivity index (χ0n) is 21.0. The summed E-state index contributed by atoms with van der Waals surface area (Å²) in [6.45, 7) is 13.1. The van der Waals surface area contributed by atoms with Crippen LogP contribution in [-0.4, -0.2) is 34.2 Å². The van der Waals surface area contributed by atoms with Crippen molar-refractivity contribution in [1.82, 2.24) is 10.3 Å². The number of nitrogens with zero attached hydrogens (tertiary/aromatic N) is 1. The maximum atomic E-state index is 12.8. The van der Waals surface area contributed by atoms with Gasteiger partial charge in [0.1, 0.15) is 10.7 Å². The molecular weight excluding hydrogens is 460 g/mol. The molecule has 1 atom stereocenters. The van der Waals surface area contributed by atoms with Crippen LogP contribution < -0.4 is 5.32 Å². The number of benzene rings is 2. The monoisotopic (exact) mass is 494 g/mol. The van der Waals surface area contributed by atoms with Crippen LogP contribution >= 0.6 is 11.3 Å². The van der Waals surface area contributed by atoms with Gasteiger partial charge in [-0.1, -0.05) is 54.6 Å². The average molecular weight is 495 g/mol. The number of carboxylic acids is 1. The molecule has 3 aromatic rings. The van der Waals surface area contributed by atoms with Crippen molar-refractivity contribution in [3.63, 3.8) is 0 Å². The second kappa shape index (κ2) is 13.6. The third-order valence-corrected chi connectivity index (χ3v) is 6.04. The van der Waals surface area contributed by atoms with Gasteiger partial charge in [0.05, 0.1) is 6.10 Å². The number of carboxylic acid groups (broad SMARTS) is 1. The van der Waals surface area contributed by atoms with Crippen LogP contribution in [0.3, 0.4) is 0 Å². The number of thiazole rings is 1. The van der Waals surface area contributed by atoms with Gasteiger partial charge in [0.15, 0.2) is 6.10 Å². The Morgan fingerprint density at radius 3 is 2.43 bits per heavy atom. The molecular formula is C28H34N2O4S. The van der Waals surface area contributed by atoms with Crippen molar-refractivity contribution in [3.8, 4) is 10.6 Å². The molecule has 6 nitrogen and oxygen atoms in total. The van der Waals surface area contributed by atoms with Crippen LogP contribution in [0.5, 0.6) is 0 Å². The molecule has 0 radical (unpaired) electrons. The molecule has 0 saturated heterocycles. The molecule has 3 rings (SSSR count). The highest BCUT2D eigenvalue weighted by Gasteiger charge is 2.21. The SMILES string of the molecule is C=CC.Cc1ccc(CC(OC(C)C)C(=O)O)cc1CNC(=O)c1nc(-c2ccccc2)sc1C. The molecule has 0 aliphatic heterocycles. The van der Waals surface area contributed by atoms with Gasteiger partial charge in [0.2, 0.25) is 0 Å². The number of carbonyl (C=O) groups excluding carboxylic acids is 1. The smallest absolute Gasteiger partial charge is 0.333 e. The number of nitrogens with one attached hydrogen (secondary N) is 1. The highest BCUT2D eigenvalue weighted by molar-refractivity contribution is 7.15. The molecule has 0 spiro atoms. The van der Waals surface area contributed by atoms with Crippen molar-refractivity contribution in [2.24, 2.45) is 0 Å². The van der Waals surface area contributed by atoms with Gasteiger partial charge >= 0.3 is 5.97 Å². The molecule has 0 saturated carbocycles. The summed E-state index contributed by atoms with van der Waals surface area (Å²) in [5.41, 5.74) is 4.22. The number of carbonyl (C=O) groups is 2. The highest BCUT2D eigenvalue weighted by Crippen LogP contribution is 2.27. The van der Waals surface area contributed by atoms with Gasteiger partial charge in [-0.25, -0.2) is 9.78 Å². The summed E-state index contributed by atoms with van der Waals surface area (Å²) in [5, 5.41) is 13.2. The summed E-state index contributed by atoms with van der Waals surface area (Å²) in [6, 6.07) is 15.6. The second-order valence-electron chi connectivity index (χ2n) is 8.36. The van der Waals surface area contributed by atoms with Gasteiger partial charge in [-0.15, -0.1) is 17.9 Å². The molecule has 7 heteroatoms. The van der Waals surface area contributed by atoms with E-state index < -0.39 is 12.1 Å². The van der Waals surface area contributed by atoms with Crippen molar-refractivity contribution >= 4 is 23.2 Å². The molecule has 2 aromatic carbocycles. The van der Waals surface area contributed by atoms with E-state index in [1.807, 2.05) is 83.1 Å². The highest BCUT2D eigenvalue weighted by atomic mass is 32.1. The molecule has 186 valence electrons. The van der Waals surface area contributed by atoms with E-state index in [1.165, 1.54) is 11.3 Å². The number of allylic oxidation sites excluding steroid dienone is 1. The van der Waals surface area contributed by atoms with Crippen LogP contribution in [0.2, 0.25) is 0 Å². The molecule has 1 amide bonds. The first-order valence-electron chi connectivity index (χ1n) is 11.5. The number of aliphatic carboxylic acids is 1. The molecule has 0 fully saturated rings. The number of hydrogen-bond donors (Lipinski definition) is 2. The molecule has 0 bridgehead atoms. The molecule has 35 heavy (non-hydrogen) atoms. The van der Waals surface area contributed by atoms with Crippen LogP contribution in [0.25, 0.3) is 10.6 Å². The summed E-state index contributed by atoms with van der Waals surface area (Å²) in [7, 11) is 0. The fourth-order valence-electron chi connectivity index (χ4n) is 3.35. The summed E-state index contributed by atoms with van der Waals surface area (Å²) in [6.07, 6.45) is 0.928. The maximum Gasteiger partial charge on any atom is 0.333 e. The van der Waals surface area contributed by atoms with E-state index >= 15 is 0 Å². The summed E-state index contributed by atoms with van der Waals surface area (Å²) in [5.74, 6) is -1.21. The molecule has 1 heterocycles. The fraction of sp³-hybridized carbons (Fsp3) is 0.321. The largest absolute Gasteiger partial charge is 0.479 e. The van der Waals surface area contributed by atoms with Crippen LogP contribution in [0.15, 0.2) is 61.2 Å². The van der Waals surface area contributed by atoms with Gasteiger partial charge in [-0.05, 0) is 51.3 Å². The Morgan fingerprint density at radius 1 is 1.17 bits per heavy atom. The van der Waals surface area contributed by atoms with E-state index in [0.717, 1.165) is 32.1 Å². The van der Waals surface area contributed by atoms with E-state index in [1.54, 1.807) is 6.08 Å². The maximum absolute atomic E-state index is 12.8. The zero-order valence-corrected chi connectivity index (χ0v) is 21.8. The number of ether oxygens (including phenoxy) is 1. The Bertz CT molecular complexity index is 1140. The molecule has 2 N–H and O–H groups in total. The Hall–Kier alpha value is -3.29. The predicted molar refractivity (Wildman–Crippen MR) is 142 cm³/mol. The first-order chi connectivity index (χ1) is 16.7. The topological polar surface area (TPSA) is 88.5 Å². The normalized spacial score (nSPS) is 11.4. The minimum absolute atomic E-state index is 0.178. The Morgan fingerprint density at radius 2 is 1.83 bits per heavy atom. The lowest BCUT2D eigenvalue weighted by molar-refractivity contribution is -0.153. The molecule has 1 aromatic heterocycles. The first kappa shape index (κ1) is 28.0. The number of aryl methyl sites for hydroxylation is 2. The Balaban J connectivity index is 0.00000137. The van der Waals surface area contributed by atoms with E-state index in [2.05, 4.69) is 16.9 Å². The molecule has 0 aliphatic rings. The lowest BCUT2D eigenvalue weighted by Gasteiger charge is -2.17. The lowest BCUT2D eigenvalue weighted by atomic mass is 10.0. The molecule has 0 aliphatic carbocycles. The minimum atomic E-state index is -0.984.